The average Bonchev–Trinajstić information content (AvgIpc) is 2.43. The van der Waals surface area contributed by atoms with Gasteiger partial charge in [0, 0.05) is 6.07 Å². The van der Waals surface area contributed by atoms with Crippen LogP contribution in [0.4, 0.5) is 0 Å². The van der Waals surface area contributed by atoms with Gasteiger partial charge in [-0.2, -0.15) is 5.26 Å². The Morgan fingerprint density at radius 3 is 2.65 bits per heavy atom. The molecule has 0 radical (unpaired) electrons. The highest BCUT2D eigenvalue weighted by atomic mass is 16.5. The minimum absolute atomic E-state index is 0.0417. The van der Waals surface area contributed by atoms with Crippen LogP contribution in [0.3, 0.4) is 0 Å². The summed E-state index contributed by atoms with van der Waals surface area (Å²) in [4.78, 5) is 11.5. The molecule has 0 spiro atoms. The van der Waals surface area contributed by atoms with Crippen LogP contribution in [0.2, 0.25) is 0 Å². The predicted octanol–water partition coefficient (Wildman–Crippen LogP) is 3.61. The molecule has 0 saturated carbocycles. The fourth-order valence-corrected chi connectivity index (χ4v) is 1.79. The van der Waals surface area contributed by atoms with Crippen molar-refractivity contribution in [2.24, 2.45) is 5.41 Å². The Bertz CT molecular complexity index is 515. The third kappa shape index (κ3) is 4.58. The number of carbonyl (C=O) groups excluding carboxylic acids is 1. The molecule has 0 fully saturated rings. The fourth-order valence-electron chi connectivity index (χ4n) is 1.79. The molecule has 4 nitrogen and oxygen atoms in total. The van der Waals surface area contributed by atoms with Crippen molar-refractivity contribution in [1.82, 2.24) is 0 Å². The number of methoxy groups -OCH3 is 1. The van der Waals surface area contributed by atoms with Crippen LogP contribution in [-0.4, -0.2) is 19.5 Å². The lowest BCUT2D eigenvalue weighted by molar-refractivity contribution is 0.101. The molecule has 0 atom stereocenters. The highest BCUT2D eigenvalue weighted by Crippen LogP contribution is 2.26. The first-order valence-corrected chi connectivity index (χ1v) is 6.62. The second-order valence-corrected chi connectivity index (χ2v) is 5.37. The first-order valence-electron chi connectivity index (χ1n) is 6.62. The van der Waals surface area contributed by atoms with Gasteiger partial charge in [-0.1, -0.05) is 0 Å². The average molecular weight is 275 g/mol. The molecule has 20 heavy (non-hydrogen) atoms. The number of carbonyl (C=O) groups is 1. The van der Waals surface area contributed by atoms with Gasteiger partial charge in [0.1, 0.15) is 11.5 Å². The molecule has 0 unspecified atom stereocenters. The molecular weight excluding hydrogens is 254 g/mol. The number of Topliss-reactive ketones (excluding diaryl/α,β-unsaturated/α-hetero) is 1. The van der Waals surface area contributed by atoms with Crippen LogP contribution >= 0.6 is 0 Å². The lowest BCUT2D eigenvalue weighted by atomic mass is 9.90. The summed E-state index contributed by atoms with van der Waals surface area (Å²) in [5.41, 5.74) is 0.201. The van der Waals surface area contributed by atoms with Crippen molar-refractivity contribution in [1.29, 1.82) is 5.26 Å². The smallest absolute Gasteiger partial charge is 0.163 e. The highest BCUT2D eigenvalue weighted by Gasteiger charge is 2.16. The monoisotopic (exact) mass is 275 g/mol. The largest absolute Gasteiger partial charge is 0.497 e. The van der Waals surface area contributed by atoms with E-state index in [1.54, 1.807) is 25.3 Å². The van der Waals surface area contributed by atoms with E-state index in [4.69, 9.17) is 14.7 Å². The van der Waals surface area contributed by atoms with Crippen LogP contribution in [0.25, 0.3) is 0 Å². The zero-order chi connectivity index (χ0) is 15.2. The number of rotatable bonds is 7. The molecule has 4 heteroatoms. The number of ketones is 1. The summed E-state index contributed by atoms with van der Waals surface area (Å²) in [7, 11) is 1.57. The van der Waals surface area contributed by atoms with Crippen molar-refractivity contribution in [2.45, 2.75) is 33.6 Å². The quantitative estimate of drug-likeness (QED) is 0.563. The summed E-state index contributed by atoms with van der Waals surface area (Å²) in [6.07, 6.45) is 1.51. The Balaban J connectivity index is 2.67. The predicted molar refractivity (Wildman–Crippen MR) is 77.1 cm³/mol. The summed E-state index contributed by atoms with van der Waals surface area (Å²) in [6, 6.07) is 7.42. The second kappa shape index (κ2) is 6.95. The molecule has 0 saturated heterocycles. The number of nitrogens with zero attached hydrogens (tertiary/aromatic N) is 1. The molecule has 108 valence electrons. The van der Waals surface area contributed by atoms with E-state index in [2.05, 4.69) is 6.07 Å². The van der Waals surface area contributed by atoms with E-state index in [-0.39, 0.29) is 11.2 Å². The van der Waals surface area contributed by atoms with E-state index in [0.29, 0.717) is 23.7 Å². The van der Waals surface area contributed by atoms with Gasteiger partial charge in [-0.25, -0.2) is 0 Å². The second-order valence-electron chi connectivity index (χ2n) is 5.37. The maximum absolute atomic E-state index is 11.5. The van der Waals surface area contributed by atoms with Crippen LogP contribution in [0, 0.1) is 16.7 Å². The molecule has 0 bridgehead atoms. The van der Waals surface area contributed by atoms with Gasteiger partial charge in [-0.3, -0.25) is 4.79 Å². The molecule has 0 amide bonds. The standard InChI is InChI=1S/C16H21NO3/c1-12(18)14-7-6-13(19-4)10-15(14)20-9-5-8-16(2,3)11-17/h6-7,10H,5,8-9H2,1-4H3. The maximum atomic E-state index is 11.5. The topological polar surface area (TPSA) is 59.3 Å². The van der Waals surface area contributed by atoms with Crippen LogP contribution in [0.1, 0.15) is 44.0 Å². The number of hydrogen-bond donors (Lipinski definition) is 0. The van der Waals surface area contributed by atoms with Gasteiger partial charge in [-0.05, 0) is 45.7 Å². The Morgan fingerprint density at radius 1 is 1.40 bits per heavy atom. The molecular formula is C16H21NO3. The number of hydrogen-bond acceptors (Lipinski definition) is 4. The first-order chi connectivity index (χ1) is 9.39. The Hall–Kier alpha value is -2.02. The van der Waals surface area contributed by atoms with Crippen LogP contribution in [0.15, 0.2) is 18.2 Å². The lowest BCUT2D eigenvalue weighted by Gasteiger charge is -2.16. The Morgan fingerprint density at radius 2 is 2.10 bits per heavy atom. The van der Waals surface area contributed by atoms with Crippen molar-refractivity contribution in [3.8, 4) is 17.6 Å². The normalized spacial score (nSPS) is 10.8. The van der Waals surface area contributed by atoms with Gasteiger partial charge >= 0.3 is 0 Å². The Kier molecular flexibility index (Phi) is 5.57. The summed E-state index contributed by atoms with van der Waals surface area (Å²) >= 11 is 0. The van der Waals surface area contributed by atoms with Gasteiger partial charge in [0.05, 0.1) is 30.8 Å². The zero-order valence-corrected chi connectivity index (χ0v) is 12.5. The molecule has 0 aliphatic heterocycles. The van der Waals surface area contributed by atoms with E-state index in [0.717, 1.165) is 12.8 Å². The van der Waals surface area contributed by atoms with Crippen LogP contribution < -0.4 is 9.47 Å². The van der Waals surface area contributed by atoms with E-state index < -0.39 is 0 Å². The molecule has 1 rings (SSSR count). The minimum Gasteiger partial charge on any atom is -0.497 e. The van der Waals surface area contributed by atoms with Crippen molar-refractivity contribution in [3.05, 3.63) is 23.8 Å². The third-order valence-electron chi connectivity index (χ3n) is 3.07. The van der Waals surface area contributed by atoms with Crippen molar-refractivity contribution < 1.29 is 14.3 Å². The van der Waals surface area contributed by atoms with E-state index in [1.165, 1.54) is 6.92 Å². The van der Waals surface area contributed by atoms with Gasteiger partial charge in [0.2, 0.25) is 0 Å². The van der Waals surface area contributed by atoms with Crippen LogP contribution in [-0.2, 0) is 0 Å². The molecule has 1 aromatic rings. The van der Waals surface area contributed by atoms with E-state index in [9.17, 15) is 4.79 Å². The summed E-state index contributed by atoms with van der Waals surface area (Å²) in [5, 5.41) is 8.94. The summed E-state index contributed by atoms with van der Waals surface area (Å²) in [6.45, 7) is 5.78. The molecule has 0 aliphatic carbocycles. The van der Waals surface area contributed by atoms with Gasteiger partial charge < -0.3 is 9.47 Å². The van der Waals surface area contributed by atoms with E-state index in [1.807, 2.05) is 13.8 Å². The molecule has 0 heterocycles. The molecule has 0 aliphatic rings. The minimum atomic E-state index is -0.346. The van der Waals surface area contributed by atoms with Gasteiger partial charge in [0.25, 0.3) is 0 Å². The lowest BCUT2D eigenvalue weighted by Crippen LogP contribution is -2.11. The third-order valence-corrected chi connectivity index (χ3v) is 3.07. The maximum Gasteiger partial charge on any atom is 0.163 e. The highest BCUT2D eigenvalue weighted by molar-refractivity contribution is 5.97. The molecule has 1 aromatic carbocycles. The number of benzene rings is 1. The van der Waals surface area contributed by atoms with Crippen LogP contribution in [0.5, 0.6) is 11.5 Å². The summed E-state index contributed by atoms with van der Waals surface area (Å²) < 4.78 is 10.8. The number of nitriles is 1. The van der Waals surface area contributed by atoms with Crippen molar-refractivity contribution >= 4 is 5.78 Å². The first kappa shape index (κ1) is 16.0. The summed E-state index contributed by atoms with van der Waals surface area (Å²) in [5.74, 6) is 1.15. The van der Waals surface area contributed by atoms with Gasteiger partial charge in [0.15, 0.2) is 5.78 Å². The number of ether oxygens (including phenoxy) is 2. The Labute approximate surface area is 120 Å². The zero-order valence-electron chi connectivity index (χ0n) is 12.5. The molecule has 0 aromatic heterocycles. The van der Waals surface area contributed by atoms with Crippen molar-refractivity contribution in [2.75, 3.05) is 13.7 Å². The van der Waals surface area contributed by atoms with Gasteiger partial charge in [-0.15, -0.1) is 0 Å². The fraction of sp³-hybridized carbons (Fsp3) is 0.500. The SMILES string of the molecule is COc1ccc(C(C)=O)c(OCCCC(C)(C)C#N)c1. The molecule has 0 N–H and O–H groups in total. The van der Waals surface area contributed by atoms with Crippen molar-refractivity contribution in [3.63, 3.8) is 0 Å². The van der Waals surface area contributed by atoms with E-state index >= 15 is 0 Å².